The van der Waals surface area contributed by atoms with Gasteiger partial charge in [0.2, 0.25) is 15.7 Å². The maximum absolute atomic E-state index is 13.4. The molecular weight excluding hydrogens is 465 g/mol. The molecule has 0 saturated carbocycles. The van der Waals surface area contributed by atoms with Crippen molar-refractivity contribution < 1.29 is 17.6 Å². The van der Waals surface area contributed by atoms with E-state index in [9.17, 15) is 22.4 Å². The number of sulfone groups is 1. The number of anilines is 1. The molecule has 1 heterocycles. The molecule has 1 aromatic heterocycles. The van der Waals surface area contributed by atoms with Crippen molar-refractivity contribution in [3.05, 3.63) is 80.8 Å². The smallest absolute Gasteiger partial charge is 0.267 e. The molecule has 1 amide bonds. The Labute approximate surface area is 174 Å². The number of hydrogen-bond acceptors (Lipinski definition) is 5. The number of nitrogens with one attached hydrogen (secondary N) is 1. The number of carbonyl (C=O) groups is 1. The van der Waals surface area contributed by atoms with Crippen LogP contribution in [0.2, 0.25) is 0 Å². The summed E-state index contributed by atoms with van der Waals surface area (Å²) in [5.41, 5.74) is 0.235. The molecule has 0 aliphatic heterocycles. The molecule has 29 heavy (non-hydrogen) atoms. The highest BCUT2D eigenvalue weighted by Gasteiger charge is 2.21. The minimum Gasteiger partial charge on any atom is -0.324 e. The quantitative estimate of drug-likeness (QED) is 0.606. The second-order valence-electron chi connectivity index (χ2n) is 6.13. The van der Waals surface area contributed by atoms with E-state index in [0.29, 0.717) is 10.0 Å². The summed E-state index contributed by atoms with van der Waals surface area (Å²) in [5, 5.41) is 5.96. The van der Waals surface area contributed by atoms with Crippen molar-refractivity contribution >= 4 is 37.4 Å². The fourth-order valence-electron chi connectivity index (χ4n) is 2.48. The van der Waals surface area contributed by atoms with Gasteiger partial charge < -0.3 is 5.32 Å². The van der Waals surface area contributed by atoms with Crippen LogP contribution >= 0.6 is 15.9 Å². The average molecular weight is 480 g/mol. The van der Waals surface area contributed by atoms with Gasteiger partial charge in [-0.15, -0.1) is 0 Å². The molecule has 3 rings (SSSR count). The molecule has 0 aliphatic carbocycles. The van der Waals surface area contributed by atoms with Crippen molar-refractivity contribution in [2.45, 2.75) is 23.4 Å². The molecule has 1 N–H and O–H groups in total. The Hall–Kier alpha value is -2.85. The molecule has 0 radical (unpaired) electrons. The minimum atomic E-state index is -3.97. The van der Waals surface area contributed by atoms with Crippen LogP contribution < -0.4 is 10.9 Å². The number of amides is 1. The Morgan fingerprint density at radius 3 is 2.52 bits per heavy atom. The molecule has 0 unspecified atom stereocenters. The van der Waals surface area contributed by atoms with Crippen LogP contribution in [0.3, 0.4) is 0 Å². The number of benzene rings is 2. The minimum absolute atomic E-state index is 0.00163. The zero-order valence-corrected chi connectivity index (χ0v) is 17.5. The van der Waals surface area contributed by atoms with Gasteiger partial charge in [-0.2, -0.15) is 5.10 Å². The van der Waals surface area contributed by atoms with Crippen LogP contribution in [0.5, 0.6) is 0 Å². The van der Waals surface area contributed by atoms with E-state index in [1.165, 1.54) is 24.3 Å². The number of carbonyl (C=O) groups excluding carboxylic acids is 1. The molecule has 0 fully saturated rings. The number of nitrogens with zero attached hydrogens (tertiary/aromatic N) is 2. The third kappa shape index (κ3) is 4.77. The average Bonchev–Trinajstić information content (AvgIpc) is 2.66. The lowest BCUT2D eigenvalue weighted by atomic mass is 10.2. The Bertz CT molecular complexity index is 1240. The van der Waals surface area contributed by atoms with Crippen LogP contribution in [0.15, 0.2) is 73.8 Å². The molecule has 3 aromatic rings. The van der Waals surface area contributed by atoms with Crippen LogP contribution in [0.1, 0.15) is 5.56 Å². The highest BCUT2D eigenvalue weighted by Crippen LogP contribution is 2.20. The van der Waals surface area contributed by atoms with Crippen LogP contribution in [0, 0.1) is 12.7 Å². The molecule has 0 saturated heterocycles. The Kier molecular flexibility index (Phi) is 5.94. The third-order valence-corrected chi connectivity index (χ3v) is 6.20. The summed E-state index contributed by atoms with van der Waals surface area (Å²) in [6.07, 6.45) is 0. The maximum Gasteiger partial charge on any atom is 0.267 e. The molecule has 150 valence electrons. The highest BCUT2D eigenvalue weighted by molar-refractivity contribution is 9.10. The summed E-state index contributed by atoms with van der Waals surface area (Å²) < 4.78 is 40.3. The molecule has 2 aromatic carbocycles. The van der Waals surface area contributed by atoms with Crippen molar-refractivity contribution in [1.82, 2.24) is 9.78 Å². The Morgan fingerprint density at radius 1 is 1.14 bits per heavy atom. The molecule has 0 atom stereocenters. The highest BCUT2D eigenvalue weighted by atomic mass is 79.9. The van der Waals surface area contributed by atoms with Gasteiger partial charge in [0.25, 0.3) is 5.56 Å². The first-order chi connectivity index (χ1) is 13.7. The monoisotopic (exact) mass is 479 g/mol. The normalized spacial score (nSPS) is 11.3. The summed E-state index contributed by atoms with van der Waals surface area (Å²) in [5.74, 6) is -1.17. The van der Waals surface area contributed by atoms with E-state index >= 15 is 0 Å². The fourth-order valence-corrected chi connectivity index (χ4v) is 3.93. The predicted octanol–water partition coefficient (Wildman–Crippen LogP) is 2.92. The summed E-state index contributed by atoms with van der Waals surface area (Å²) in [6.45, 7) is 1.16. The lowest BCUT2D eigenvalue weighted by Crippen LogP contribution is -2.30. The number of hydrogen-bond donors (Lipinski definition) is 1. The van der Waals surface area contributed by atoms with E-state index < -0.39 is 33.7 Å². The van der Waals surface area contributed by atoms with Gasteiger partial charge in [0.15, 0.2) is 5.03 Å². The summed E-state index contributed by atoms with van der Waals surface area (Å²) in [7, 11) is -3.97. The predicted molar refractivity (Wildman–Crippen MR) is 108 cm³/mol. The van der Waals surface area contributed by atoms with Gasteiger partial charge in [0.1, 0.15) is 12.4 Å². The summed E-state index contributed by atoms with van der Waals surface area (Å²) >= 11 is 3.23. The Balaban J connectivity index is 1.87. The lowest BCUT2D eigenvalue weighted by molar-refractivity contribution is -0.117. The lowest BCUT2D eigenvalue weighted by Gasteiger charge is -2.10. The standard InChI is InChI=1S/C19H15BrFN3O4S/c1-12-2-5-14(21)10-16(12)22-17(25)11-24-19(26)9-8-18(23-24)29(27,28)15-6-3-13(20)4-7-15/h2-10H,11H2,1H3,(H,22,25). The molecular formula is C19H15BrFN3O4S. The molecule has 10 heteroatoms. The number of halogens is 2. The fraction of sp³-hybridized carbons (Fsp3) is 0.105. The molecule has 0 bridgehead atoms. The SMILES string of the molecule is Cc1ccc(F)cc1NC(=O)Cn1nc(S(=O)(=O)c2ccc(Br)cc2)ccc1=O. The van der Waals surface area contributed by atoms with Gasteiger partial charge in [-0.25, -0.2) is 17.5 Å². The summed E-state index contributed by atoms with van der Waals surface area (Å²) in [6, 6.07) is 12.0. The van der Waals surface area contributed by atoms with Gasteiger partial charge in [0.05, 0.1) is 4.90 Å². The number of aromatic nitrogens is 2. The van der Waals surface area contributed by atoms with Gasteiger partial charge >= 0.3 is 0 Å². The van der Waals surface area contributed by atoms with Gasteiger partial charge in [-0.3, -0.25) is 9.59 Å². The first kappa shape index (κ1) is 20.9. The van der Waals surface area contributed by atoms with Crippen LogP contribution in [0.25, 0.3) is 0 Å². The van der Waals surface area contributed by atoms with E-state index in [1.807, 2.05) is 0 Å². The van der Waals surface area contributed by atoms with Crippen molar-refractivity contribution in [1.29, 1.82) is 0 Å². The zero-order valence-electron chi connectivity index (χ0n) is 15.1. The van der Waals surface area contributed by atoms with E-state index in [1.54, 1.807) is 19.1 Å². The second-order valence-corrected chi connectivity index (χ2v) is 8.94. The topological polar surface area (TPSA) is 98.1 Å². The van der Waals surface area contributed by atoms with Gasteiger partial charge in [0, 0.05) is 16.2 Å². The van der Waals surface area contributed by atoms with Crippen molar-refractivity contribution in [2.75, 3.05) is 5.32 Å². The van der Waals surface area contributed by atoms with E-state index in [0.717, 1.165) is 22.9 Å². The Morgan fingerprint density at radius 2 is 1.83 bits per heavy atom. The first-order valence-electron chi connectivity index (χ1n) is 8.31. The van der Waals surface area contributed by atoms with Gasteiger partial charge in [-0.1, -0.05) is 22.0 Å². The molecule has 0 aliphatic rings. The molecule has 7 nitrogen and oxygen atoms in total. The van der Waals surface area contributed by atoms with Crippen molar-refractivity contribution in [2.24, 2.45) is 0 Å². The van der Waals surface area contributed by atoms with E-state index in [2.05, 4.69) is 26.3 Å². The maximum atomic E-state index is 13.4. The van der Waals surface area contributed by atoms with Crippen LogP contribution in [-0.4, -0.2) is 24.1 Å². The van der Waals surface area contributed by atoms with Gasteiger partial charge in [-0.05, 0) is 55.0 Å². The van der Waals surface area contributed by atoms with Crippen LogP contribution in [0.4, 0.5) is 10.1 Å². The largest absolute Gasteiger partial charge is 0.324 e. The van der Waals surface area contributed by atoms with E-state index in [4.69, 9.17) is 0 Å². The first-order valence-corrected chi connectivity index (χ1v) is 10.6. The third-order valence-electron chi connectivity index (χ3n) is 4.01. The number of aryl methyl sites for hydroxylation is 1. The van der Waals surface area contributed by atoms with Crippen molar-refractivity contribution in [3.63, 3.8) is 0 Å². The summed E-state index contributed by atoms with van der Waals surface area (Å²) in [4.78, 5) is 24.3. The number of rotatable bonds is 5. The van der Waals surface area contributed by atoms with Crippen LogP contribution in [-0.2, 0) is 21.2 Å². The van der Waals surface area contributed by atoms with Crippen molar-refractivity contribution in [3.8, 4) is 0 Å². The molecule has 0 spiro atoms. The van der Waals surface area contributed by atoms with E-state index in [-0.39, 0.29) is 15.6 Å². The second kappa shape index (κ2) is 8.26. The zero-order chi connectivity index (χ0) is 21.2.